The molecule has 16 heavy (non-hydrogen) atoms. The molecule has 1 amide bonds. The first-order valence-corrected chi connectivity index (χ1v) is 5.90. The molecule has 0 aromatic rings. The van der Waals surface area contributed by atoms with Crippen molar-refractivity contribution in [2.45, 2.75) is 26.4 Å². The summed E-state index contributed by atoms with van der Waals surface area (Å²) in [6.45, 7) is 5.74. The van der Waals surface area contributed by atoms with Gasteiger partial charge in [0.15, 0.2) is 0 Å². The minimum absolute atomic E-state index is 0.0180. The maximum absolute atomic E-state index is 11.2. The summed E-state index contributed by atoms with van der Waals surface area (Å²) in [4.78, 5) is 11.2. The molecule has 0 radical (unpaired) electrons. The molecule has 6 heteroatoms. The van der Waals surface area contributed by atoms with Gasteiger partial charge in [0, 0.05) is 17.6 Å². The number of hydrogen-bond acceptors (Lipinski definition) is 4. The van der Waals surface area contributed by atoms with Gasteiger partial charge in [-0.2, -0.15) is 0 Å². The summed E-state index contributed by atoms with van der Waals surface area (Å²) in [5, 5.41) is 10.3. The van der Waals surface area contributed by atoms with Crippen molar-refractivity contribution in [3.8, 4) is 0 Å². The number of ether oxygens (including phenoxy) is 2. The first-order chi connectivity index (χ1) is 7.35. The number of amides is 1. The van der Waals surface area contributed by atoms with E-state index >= 15 is 0 Å². The van der Waals surface area contributed by atoms with E-state index in [9.17, 15) is 4.79 Å². The Bertz CT molecular complexity index is 272. The van der Waals surface area contributed by atoms with Crippen LogP contribution < -0.4 is 5.32 Å². The molecule has 0 rings (SSSR count). The molecule has 0 spiro atoms. The van der Waals surface area contributed by atoms with Crippen molar-refractivity contribution < 1.29 is 14.3 Å². The monoisotopic (exact) mass is 292 g/mol. The number of carbonyl (C=O) groups excluding carboxylic acids is 1. The largest absolute Gasteiger partial charge is 0.477 e. The van der Waals surface area contributed by atoms with Crippen molar-refractivity contribution in [1.29, 1.82) is 5.41 Å². The van der Waals surface area contributed by atoms with Gasteiger partial charge in [-0.3, -0.25) is 10.7 Å². The van der Waals surface area contributed by atoms with Crippen molar-refractivity contribution in [2.24, 2.45) is 0 Å². The highest BCUT2D eigenvalue weighted by Gasteiger charge is 2.14. The van der Waals surface area contributed by atoms with E-state index < -0.39 is 11.7 Å². The van der Waals surface area contributed by atoms with Crippen LogP contribution in [0.4, 0.5) is 4.79 Å². The second-order valence-corrected chi connectivity index (χ2v) is 4.67. The van der Waals surface area contributed by atoms with Crippen LogP contribution in [-0.4, -0.2) is 29.5 Å². The van der Waals surface area contributed by atoms with Crippen molar-refractivity contribution in [3.05, 3.63) is 12.3 Å². The van der Waals surface area contributed by atoms with Gasteiger partial charge in [-0.05, 0) is 20.8 Å². The Morgan fingerprint density at radius 1 is 1.50 bits per heavy atom. The molecule has 0 unspecified atom stereocenters. The van der Waals surface area contributed by atoms with Gasteiger partial charge in [-0.1, -0.05) is 15.9 Å². The van der Waals surface area contributed by atoms with Crippen molar-refractivity contribution >= 4 is 27.9 Å². The Hall–Kier alpha value is -1.04. The van der Waals surface area contributed by atoms with Gasteiger partial charge >= 0.3 is 6.09 Å². The van der Waals surface area contributed by atoms with E-state index in [2.05, 4.69) is 21.2 Å². The zero-order chi connectivity index (χ0) is 12.6. The Balaban J connectivity index is 3.83. The minimum Gasteiger partial charge on any atom is -0.477 e. The second-order valence-electron chi connectivity index (χ2n) is 3.88. The van der Waals surface area contributed by atoms with E-state index in [1.807, 2.05) is 0 Å². The van der Waals surface area contributed by atoms with Crippen LogP contribution in [0.3, 0.4) is 0 Å². The molecule has 92 valence electrons. The Morgan fingerprint density at radius 3 is 2.62 bits per heavy atom. The maximum atomic E-state index is 11.2. The maximum Gasteiger partial charge on any atom is 0.411 e. The third kappa shape index (κ3) is 9.51. The normalized spacial score (nSPS) is 11.2. The molecular weight excluding hydrogens is 276 g/mol. The van der Waals surface area contributed by atoms with Crippen molar-refractivity contribution in [2.75, 3.05) is 11.9 Å². The van der Waals surface area contributed by atoms with Gasteiger partial charge in [0.25, 0.3) is 0 Å². The van der Waals surface area contributed by atoms with Crippen molar-refractivity contribution in [1.82, 2.24) is 5.32 Å². The van der Waals surface area contributed by atoms with Gasteiger partial charge in [0.2, 0.25) is 5.90 Å². The highest BCUT2D eigenvalue weighted by atomic mass is 79.9. The molecular formula is C10H17BrN2O3. The Labute approximate surface area is 104 Å². The predicted octanol–water partition coefficient (Wildman–Crippen LogP) is 2.41. The molecule has 0 fully saturated rings. The SMILES string of the molecule is CC(C)(C)OC(=O)N/C=C\C(=N)OCCBr. The van der Waals surface area contributed by atoms with E-state index in [1.165, 1.54) is 12.3 Å². The highest BCUT2D eigenvalue weighted by Crippen LogP contribution is 2.06. The van der Waals surface area contributed by atoms with Crippen LogP contribution in [0.1, 0.15) is 20.8 Å². The summed E-state index contributed by atoms with van der Waals surface area (Å²) in [5.74, 6) is -0.0180. The average molecular weight is 293 g/mol. The summed E-state index contributed by atoms with van der Waals surface area (Å²) in [5.41, 5.74) is -0.530. The third-order valence-corrected chi connectivity index (χ3v) is 1.49. The predicted molar refractivity (Wildman–Crippen MR) is 66.0 cm³/mol. The summed E-state index contributed by atoms with van der Waals surface area (Å²) < 4.78 is 9.91. The summed E-state index contributed by atoms with van der Waals surface area (Å²) in [6.07, 6.45) is 2.09. The first-order valence-electron chi connectivity index (χ1n) is 4.78. The number of carbonyl (C=O) groups is 1. The molecule has 0 bridgehead atoms. The molecule has 0 aliphatic heterocycles. The topological polar surface area (TPSA) is 71.4 Å². The number of alkyl carbamates (subject to hydrolysis) is 1. The number of alkyl halides is 1. The molecule has 0 saturated heterocycles. The molecule has 0 aromatic heterocycles. The van der Waals surface area contributed by atoms with Gasteiger partial charge < -0.3 is 9.47 Å². The quantitative estimate of drug-likeness (QED) is 0.475. The lowest BCUT2D eigenvalue weighted by Gasteiger charge is -2.18. The molecule has 0 aliphatic rings. The van der Waals surface area contributed by atoms with Gasteiger partial charge in [0.05, 0.1) is 6.61 Å². The van der Waals surface area contributed by atoms with Crippen LogP contribution in [0.25, 0.3) is 0 Å². The lowest BCUT2D eigenvalue weighted by Crippen LogP contribution is -2.29. The molecule has 0 aromatic carbocycles. The Kier molecular flexibility index (Phi) is 6.80. The van der Waals surface area contributed by atoms with Crippen LogP contribution in [0.5, 0.6) is 0 Å². The molecule has 0 heterocycles. The number of rotatable bonds is 4. The molecule has 2 N–H and O–H groups in total. The zero-order valence-corrected chi connectivity index (χ0v) is 11.3. The molecule has 0 aliphatic carbocycles. The molecule has 0 atom stereocenters. The highest BCUT2D eigenvalue weighted by molar-refractivity contribution is 9.09. The second kappa shape index (κ2) is 7.27. The van der Waals surface area contributed by atoms with E-state index in [-0.39, 0.29) is 5.90 Å². The van der Waals surface area contributed by atoms with E-state index in [1.54, 1.807) is 20.8 Å². The van der Waals surface area contributed by atoms with E-state index in [0.717, 1.165) is 0 Å². The zero-order valence-electron chi connectivity index (χ0n) is 9.67. The Morgan fingerprint density at radius 2 is 2.12 bits per heavy atom. The lowest BCUT2D eigenvalue weighted by atomic mass is 10.2. The van der Waals surface area contributed by atoms with E-state index in [4.69, 9.17) is 14.9 Å². The van der Waals surface area contributed by atoms with Crippen molar-refractivity contribution in [3.63, 3.8) is 0 Å². The minimum atomic E-state index is -0.558. The van der Waals surface area contributed by atoms with Crippen LogP contribution in [-0.2, 0) is 9.47 Å². The average Bonchev–Trinajstić information content (AvgIpc) is 2.11. The van der Waals surface area contributed by atoms with E-state index in [0.29, 0.717) is 11.9 Å². The summed E-state index contributed by atoms with van der Waals surface area (Å²) in [7, 11) is 0. The lowest BCUT2D eigenvalue weighted by molar-refractivity contribution is 0.0552. The third-order valence-electron chi connectivity index (χ3n) is 1.17. The van der Waals surface area contributed by atoms with Crippen LogP contribution >= 0.6 is 15.9 Å². The van der Waals surface area contributed by atoms with Crippen LogP contribution in [0, 0.1) is 5.41 Å². The van der Waals surface area contributed by atoms with Crippen LogP contribution in [0.15, 0.2) is 12.3 Å². The number of hydrogen-bond donors (Lipinski definition) is 2. The fourth-order valence-electron chi connectivity index (χ4n) is 0.690. The number of nitrogens with one attached hydrogen (secondary N) is 2. The fraction of sp³-hybridized carbons (Fsp3) is 0.600. The first kappa shape index (κ1) is 15.0. The van der Waals surface area contributed by atoms with Gasteiger partial charge in [-0.15, -0.1) is 0 Å². The number of halogens is 1. The molecule has 5 nitrogen and oxygen atoms in total. The fourth-order valence-corrected chi connectivity index (χ4v) is 0.851. The summed E-state index contributed by atoms with van der Waals surface area (Å²) >= 11 is 3.17. The van der Waals surface area contributed by atoms with Gasteiger partial charge in [0.1, 0.15) is 5.60 Å². The standard InChI is InChI=1S/C10H17BrN2O3/c1-10(2,3)16-9(14)13-6-4-8(12)15-7-5-11/h4,6,12H,5,7H2,1-3H3,(H,13,14)/b6-4-,12-8?. The van der Waals surface area contributed by atoms with Crippen LogP contribution in [0.2, 0.25) is 0 Å². The van der Waals surface area contributed by atoms with Gasteiger partial charge in [-0.25, -0.2) is 4.79 Å². The summed E-state index contributed by atoms with van der Waals surface area (Å²) in [6, 6.07) is 0. The molecule has 0 saturated carbocycles. The smallest absolute Gasteiger partial charge is 0.411 e.